The van der Waals surface area contributed by atoms with Crippen molar-refractivity contribution in [2.24, 2.45) is 4.99 Å². The summed E-state index contributed by atoms with van der Waals surface area (Å²) in [5, 5.41) is 2.18. The Balaban J connectivity index is 1.76. The van der Waals surface area contributed by atoms with Gasteiger partial charge in [-0.05, 0) is 57.0 Å². The van der Waals surface area contributed by atoms with Crippen LogP contribution in [0.2, 0.25) is 0 Å². The summed E-state index contributed by atoms with van der Waals surface area (Å²) in [5.74, 6) is 0.425. The second-order valence-electron chi connectivity index (χ2n) is 5.91. The lowest BCUT2D eigenvalue weighted by Crippen LogP contribution is -2.05. The van der Waals surface area contributed by atoms with Crippen LogP contribution in [0.5, 0.6) is 5.75 Å². The van der Waals surface area contributed by atoms with Gasteiger partial charge in [0.25, 0.3) is 0 Å². The molecule has 1 heterocycles. The van der Waals surface area contributed by atoms with E-state index in [0.717, 1.165) is 25.3 Å². The van der Waals surface area contributed by atoms with Gasteiger partial charge in [0.1, 0.15) is 5.75 Å². The predicted octanol–water partition coefficient (Wildman–Crippen LogP) is 5.72. The van der Waals surface area contributed by atoms with Crippen LogP contribution in [0, 0.1) is 0 Å². The summed E-state index contributed by atoms with van der Waals surface area (Å²) in [7, 11) is 1.58. The summed E-state index contributed by atoms with van der Waals surface area (Å²) in [6.07, 6.45) is 1.66. The van der Waals surface area contributed by atoms with Gasteiger partial charge in [-0.15, -0.1) is 0 Å². The average Bonchev–Trinajstić information content (AvgIpc) is 3.01. The van der Waals surface area contributed by atoms with Crippen molar-refractivity contribution in [3.8, 4) is 5.75 Å². The third-order valence-electron chi connectivity index (χ3n) is 4.15. The number of benzene rings is 3. The summed E-state index contributed by atoms with van der Waals surface area (Å²) < 4.78 is 12.4. The molecule has 0 aliphatic carbocycles. The minimum absolute atomic E-state index is 0.224. The third-order valence-corrected chi connectivity index (χ3v) is 5.20. The Kier molecular flexibility index (Phi) is 4.85. The first-order valence-corrected chi connectivity index (χ1v) is 9.68. The molecule has 0 atom stereocenters. The number of methoxy groups -OCH3 is 1. The van der Waals surface area contributed by atoms with Crippen LogP contribution in [0.1, 0.15) is 11.1 Å². The highest BCUT2D eigenvalue weighted by Gasteiger charge is 2.25. The highest BCUT2D eigenvalue weighted by molar-refractivity contribution is 9.11. The number of carbonyl (C=O) groups is 1. The Morgan fingerprint density at radius 3 is 2.59 bits per heavy atom. The molecule has 3 aromatic carbocycles. The van der Waals surface area contributed by atoms with Crippen LogP contribution >= 0.6 is 31.9 Å². The summed E-state index contributed by atoms with van der Waals surface area (Å²) in [6.45, 7) is 0. The molecular formula is C21H13Br2NO3. The largest absolute Gasteiger partial charge is 0.495 e. The number of carbonyl (C=O) groups excluding carboxylic acids is 1. The van der Waals surface area contributed by atoms with Gasteiger partial charge in [0, 0.05) is 15.6 Å². The van der Waals surface area contributed by atoms with Gasteiger partial charge < -0.3 is 9.47 Å². The van der Waals surface area contributed by atoms with E-state index in [9.17, 15) is 4.79 Å². The molecule has 0 aromatic heterocycles. The Hall–Kier alpha value is -2.44. The number of rotatable bonds is 3. The molecular weight excluding hydrogens is 474 g/mol. The van der Waals surface area contributed by atoms with Gasteiger partial charge in [0.15, 0.2) is 5.70 Å². The Labute approximate surface area is 172 Å². The van der Waals surface area contributed by atoms with Crippen molar-refractivity contribution in [3.05, 3.63) is 80.4 Å². The summed E-state index contributed by atoms with van der Waals surface area (Å²) in [5.41, 5.74) is 1.70. The molecule has 4 rings (SSSR count). The maximum absolute atomic E-state index is 12.3. The standard InChI is InChI=1S/C21H13Br2NO3/c1-26-19-15(9-16(22)11-17(19)23)10-18-21(25)27-20(24-18)14-7-6-12-4-2-3-5-13(12)8-14/h2-11H,1H3/b18-10+. The van der Waals surface area contributed by atoms with Crippen LogP contribution < -0.4 is 4.74 Å². The third kappa shape index (κ3) is 3.55. The maximum Gasteiger partial charge on any atom is 0.363 e. The van der Waals surface area contributed by atoms with E-state index in [1.165, 1.54) is 0 Å². The maximum atomic E-state index is 12.3. The van der Waals surface area contributed by atoms with Gasteiger partial charge in [0.05, 0.1) is 11.6 Å². The molecule has 0 fully saturated rings. The van der Waals surface area contributed by atoms with Crippen molar-refractivity contribution in [1.82, 2.24) is 0 Å². The van der Waals surface area contributed by atoms with Crippen LogP contribution in [0.25, 0.3) is 16.8 Å². The number of ether oxygens (including phenoxy) is 2. The molecule has 0 N–H and O–H groups in total. The number of nitrogens with zero attached hydrogens (tertiary/aromatic N) is 1. The Morgan fingerprint density at radius 1 is 1.04 bits per heavy atom. The van der Waals surface area contributed by atoms with Gasteiger partial charge in [-0.25, -0.2) is 9.79 Å². The van der Waals surface area contributed by atoms with Crippen LogP contribution in [0.4, 0.5) is 0 Å². The van der Waals surface area contributed by atoms with E-state index in [0.29, 0.717) is 17.2 Å². The molecule has 0 unspecified atom stereocenters. The zero-order chi connectivity index (χ0) is 19.0. The van der Waals surface area contributed by atoms with Gasteiger partial charge in [-0.3, -0.25) is 0 Å². The lowest BCUT2D eigenvalue weighted by atomic mass is 10.1. The molecule has 27 heavy (non-hydrogen) atoms. The molecule has 6 heteroatoms. The molecule has 1 aliphatic rings. The van der Waals surface area contributed by atoms with Crippen molar-refractivity contribution in [1.29, 1.82) is 0 Å². The highest BCUT2D eigenvalue weighted by Crippen LogP contribution is 2.35. The number of cyclic esters (lactones) is 1. The van der Waals surface area contributed by atoms with Crippen LogP contribution in [-0.2, 0) is 9.53 Å². The van der Waals surface area contributed by atoms with Gasteiger partial charge in [-0.2, -0.15) is 0 Å². The molecule has 0 bridgehead atoms. The zero-order valence-electron chi connectivity index (χ0n) is 14.2. The molecule has 0 amide bonds. The van der Waals surface area contributed by atoms with Crippen molar-refractivity contribution in [2.45, 2.75) is 0 Å². The first-order valence-electron chi connectivity index (χ1n) is 8.10. The fourth-order valence-electron chi connectivity index (χ4n) is 2.91. The number of hydrogen-bond donors (Lipinski definition) is 0. The molecule has 0 radical (unpaired) electrons. The van der Waals surface area contributed by atoms with E-state index >= 15 is 0 Å². The van der Waals surface area contributed by atoms with Crippen molar-refractivity contribution < 1.29 is 14.3 Å². The monoisotopic (exact) mass is 485 g/mol. The average molecular weight is 487 g/mol. The highest BCUT2D eigenvalue weighted by atomic mass is 79.9. The normalized spacial score (nSPS) is 15.1. The first-order chi connectivity index (χ1) is 13.0. The number of fused-ring (bicyclic) bond motifs is 1. The number of aliphatic imine (C=N–C) groups is 1. The van der Waals surface area contributed by atoms with E-state index < -0.39 is 5.97 Å². The van der Waals surface area contributed by atoms with Crippen molar-refractivity contribution in [3.63, 3.8) is 0 Å². The van der Waals surface area contributed by atoms with Crippen LogP contribution in [-0.4, -0.2) is 19.0 Å². The van der Waals surface area contributed by atoms with Gasteiger partial charge in [-0.1, -0.05) is 46.3 Å². The minimum Gasteiger partial charge on any atom is -0.495 e. The van der Waals surface area contributed by atoms with Crippen LogP contribution in [0.15, 0.2) is 74.2 Å². The topological polar surface area (TPSA) is 47.9 Å². The molecule has 0 saturated carbocycles. The first kappa shape index (κ1) is 17.9. The van der Waals surface area contributed by atoms with Crippen LogP contribution in [0.3, 0.4) is 0 Å². The SMILES string of the molecule is COc1c(Br)cc(Br)cc1/C=C1/N=C(c2ccc3ccccc3c2)OC1=O. The lowest BCUT2D eigenvalue weighted by molar-refractivity contribution is -0.129. The fraction of sp³-hybridized carbons (Fsp3) is 0.0476. The quantitative estimate of drug-likeness (QED) is 0.351. The Bertz CT molecular complexity index is 1140. The van der Waals surface area contributed by atoms with E-state index in [4.69, 9.17) is 9.47 Å². The van der Waals surface area contributed by atoms with Crippen molar-refractivity contribution in [2.75, 3.05) is 7.11 Å². The number of hydrogen-bond acceptors (Lipinski definition) is 4. The zero-order valence-corrected chi connectivity index (χ0v) is 17.4. The van der Waals surface area contributed by atoms with E-state index in [1.54, 1.807) is 13.2 Å². The second-order valence-corrected chi connectivity index (χ2v) is 7.68. The molecule has 3 aromatic rings. The minimum atomic E-state index is -0.490. The summed E-state index contributed by atoms with van der Waals surface area (Å²) >= 11 is 6.90. The second kappa shape index (κ2) is 7.29. The molecule has 4 nitrogen and oxygen atoms in total. The van der Waals surface area contributed by atoms with Gasteiger partial charge in [0.2, 0.25) is 5.90 Å². The van der Waals surface area contributed by atoms with Crippen molar-refractivity contribution >= 4 is 60.6 Å². The molecule has 0 saturated heterocycles. The Morgan fingerprint density at radius 2 is 1.81 bits per heavy atom. The lowest BCUT2D eigenvalue weighted by Gasteiger charge is -2.08. The van der Waals surface area contributed by atoms with E-state index in [2.05, 4.69) is 36.9 Å². The molecule has 1 aliphatic heterocycles. The number of esters is 1. The van der Waals surface area contributed by atoms with E-state index in [1.807, 2.05) is 54.6 Å². The summed E-state index contributed by atoms with van der Waals surface area (Å²) in [6, 6.07) is 17.6. The van der Waals surface area contributed by atoms with Gasteiger partial charge >= 0.3 is 5.97 Å². The van der Waals surface area contributed by atoms with E-state index in [-0.39, 0.29) is 5.70 Å². The molecule has 134 valence electrons. The smallest absolute Gasteiger partial charge is 0.363 e. The summed E-state index contributed by atoms with van der Waals surface area (Å²) in [4.78, 5) is 16.7. The number of halogens is 2. The predicted molar refractivity (Wildman–Crippen MR) is 113 cm³/mol. The fourth-order valence-corrected chi connectivity index (χ4v) is 4.33. The molecule has 0 spiro atoms.